The third kappa shape index (κ3) is 8.53. The molecule has 0 aromatic carbocycles. The molecule has 24 heavy (non-hydrogen) atoms. The average Bonchev–Trinajstić information content (AvgIpc) is 2.60. The summed E-state index contributed by atoms with van der Waals surface area (Å²) in [6, 6.07) is 0. The molecule has 0 aromatic rings. The minimum atomic E-state index is -0.538. The van der Waals surface area contributed by atoms with Crippen molar-refractivity contribution in [3.05, 3.63) is 23.6 Å². The number of nitrogens with zero attached hydrogens (tertiary/aromatic N) is 1. The van der Waals surface area contributed by atoms with Crippen LogP contribution in [0.15, 0.2) is 28.6 Å². The van der Waals surface area contributed by atoms with Gasteiger partial charge >= 0.3 is 0 Å². The lowest BCUT2D eigenvalue weighted by Gasteiger charge is -2.20. The van der Waals surface area contributed by atoms with Crippen molar-refractivity contribution in [1.29, 1.82) is 0 Å². The van der Waals surface area contributed by atoms with Crippen molar-refractivity contribution < 1.29 is 9.53 Å². The first kappa shape index (κ1) is 22.7. The van der Waals surface area contributed by atoms with Crippen LogP contribution in [-0.4, -0.2) is 30.7 Å². The summed E-state index contributed by atoms with van der Waals surface area (Å²) in [4.78, 5) is 16.8. The van der Waals surface area contributed by atoms with E-state index in [0.29, 0.717) is 30.6 Å². The van der Waals surface area contributed by atoms with Crippen molar-refractivity contribution >= 4 is 23.7 Å². The van der Waals surface area contributed by atoms with Gasteiger partial charge in [-0.15, -0.1) is 11.6 Å². The number of halogens is 1. The van der Waals surface area contributed by atoms with Crippen molar-refractivity contribution in [2.45, 2.75) is 66.4 Å². The van der Waals surface area contributed by atoms with Gasteiger partial charge in [-0.05, 0) is 44.1 Å². The first-order chi connectivity index (χ1) is 11.6. The molecule has 0 aliphatic carbocycles. The van der Waals surface area contributed by atoms with Crippen LogP contribution in [-0.2, 0) is 9.53 Å². The number of ether oxygens (including phenoxy) is 1. The summed E-state index contributed by atoms with van der Waals surface area (Å²) in [5, 5.41) is 2.99. The zero-order chi connectivity index (χ0) is 18.4. The molecule has 0 aliphatic rings. The van der Waals surface area contributed by atoms with Crippen molar-refractivity contribution in [3.8, 4) is 0 Å². The van der Waals surface area contributed by atoms with Crippen LogP contribution in [0.5, 0.6) is 0 Å². The van der Waals surface area contributed by atoms with Crippen LogP contribution in [0.1, 0.15) is 60.3 Å². The van der Waals surface area contributed by atoms with Crippen LogP contribution < -0.4 is 5.32 Å². The molecule has 0 radical (unpaired) electrons. The maximum atomic E-state index is 12.4. The number of carbonyl (C=O) groups is 1. The van der Waals surface area contributed by atoms with E-state index in [9.17, 15) is 4.79 Å². The lowest BCUT2D eigenvalue weighted by Crippen LogP contribution is -2.38. The monoisotopic (exact) mass is 356 g/mol. The standard InChI is InChI=1S/C19H33ClN2O2/c1-6-11-15(7-2)14-22-18(23)17(10-5)24-19(21-13-12-20)16(8-3)9-4/h6,11,13,15,17H,7-10,12,14H2,1-5H3,(H,22,23)/b11-6-,21-13-. The van der Waals surface area contributed by atoms with Gasteiger partial charge < -0.3 is 10.1 Å². The van der Waals surface area contributed by atoms with Gasteiger partial charge in [-0.2, -0.15) is 0 Å². The first-order valence-electron chi connectivity index (χ1n) is 8.95. The van der Waals surface area contributed by atoms with Crippen molar-refractivity contribution in [1.82, 2.24) is 5.32 Å². The smallest absolute Gasteiger partial charge is 0.261 e. The molecule has 0 bridgehead atoms. The molecule has 0 spiro atoms. The molecule has 0 fully saturated rings. The molecule has 0 heterocycles. The van der Waals surface area contributed by atoms with Crippen molar-refractivity contribution in [2.75, 3.05) is 12.4 Å². The SMILES string of the molecule is C/C=C\C(CC)CNC(=O)C(CC)OC(/N=C\CCl)=C(CC)CC. The van der Waals surface area contributed by atoms with Gasteiger partial charge in [0.05, 0.1) is 5.88 Å². The predicted molar refractivity (Wildman–Crippen MR) is 104 cm³/mol. The number of carbonyl (C=O) groups excluding carboxylic acids is 1. The number of amides is 1. The highest BCUT2D eigenvalue weighted by molar-refractivity contribution is 6.24. The summed E-state index contributed by atoms with van der Waals surface area (Å²) < 4.78 is 5.93. The Kier molecular flexibility index (Phi) is 13.3. The molecule has 1 N–H and O–H groups in total. The van der Waals surface area contributed by atoms with Gasteiger partial charge in [-0.1, -0.05) is 39.8 Å². The van der Waals surface area contributed by atoms with E-state index in [4.69, 9.17) is 16.3 Å². The van der Waals surface area contributed by atoms with Crippen molar-refractivity contribution in [3.63, 3.8) is 0 Å². The second-order valence-corrected chi connectivity index (χ2v) is 5.84. The minimum Gasteiger partial charge on any atom is -0.464 e. The largest absolute Gasteiger partial charge is 0.464 e. The zero-order valence-corrected chi connectivity index (χ0v) is 16.5. The molecule has 138 valence electrons. The van der Waals surface area contributed by atoms with E-state index in [-0.39, 0.29) is 5.91 Å². The number of aliphatic imine (C=N–C) groups is 1. The van der Waals surface area contributed by atoms with E-state index in [0.717, 1.165) is 24.8 Å². The Balaban J connectivity index is 4.99. The van der Waals surface area contributed by atoms with E-state index < -0.39 is 6.10 Å². The quantitative estimate of drug-likeness (QED) is 0.235. The average molecular weight is 357 g/mol. The summed E-state index contributed by atoms with van der Waals surface area (Å²) in [6.45, 7) is 10.8. The van der Waals surface area contributed by atoms with Gasteiger partial charge in [0.15, 0.2) is 6.10 Å². The Hall–Kier alpha value is -1.29. The fourth-order valence-corrected chi connectivity index (χ4v) is 2.37. The Morgan fingerprint density at radius 3 is 2.33 bits per heavy atom. The summed E-state index contributed by atoms with van der Waals surface area (Å²) >= 11 is 5.69. The predicted octanol–water partition coefficient (Wildman–Crippen LogP) is 4.84. The highest BCUT2D eigenvalue weighted by Crippen LogP contribution is 2.18. The summed E-state index contributed by atoms with van der Waals surface area (Å²) in [6.07, 6.45) is 8.45. The number of hydrogen-bond acceptors (Lipinski definition) is 3. The van der Waals surface area contributed by atoms with Gasteiger partial charge in [-0.25, -0.2) is 4.99 Å². The van der Waals surface area contributed by atoms with Gasteiger partial charge in [0.25, 0.3) is 5.91 Å². The highest BCUT2D eigenvalue weighted by Gasteiger charge is 2.20. The molecule has 4 nitrogen and oxygen atoms in total. The number of hydrogen-bond donors (Lipinski definition) is 1. The molecule has 2 unspecified atom stereocenters. The normalized spacial score (nSPS) is 13.9. The molecule has 2 atom stereocenters. The molecule has 0 aromatic heterocycles. The van der Waals surface area contributed by atoms with E-state index in [1.54, 1.807) is 6.21 Å². The molecule has 1 amide bonds. The number of alkyl halides is 1. The second kappa shape index (κ2) is 14.1. The van der Waals surface area contributed by atoms with Crippen LogP contribution in [0.2, 0.25) is 0 Å². The minimum absolute atomic E-state index is 0.0921. The topological polar surface area (TPSA) is 50.7 Å². The number of allylic oxidation sites excluding steroid dienone is 2. The van der Waals surface area contributed by atoms with E-state index in [1.807, 2.05) is 19.9 Å². The third-order valence-electron chi connectivity index (χ3n) is 3.88. The summed E-state index contributed by atoms with van der Waals surface area (Å²) in [5.41, 5.74) is 1.09. The Morgan fingerprint density at radius 2 is 1.88 bits per heavy atom. The fourth-order valence-electron chi connectivity index (χ4n) is 2.30. The van der Waals surface area contributed by atoms with E-state index in [1.165, 1.54) is 0 Å². The molecular weight excluding hydrogens is 324 g/mol. The molecular formula is C19H33ClN2O2. The Labute approximate surface area is 152 Å². The van der Waals surface area contributed by atoms with Gasteiger partial charge in [0.1, 0.15) is 0 Å². The van der Waals surface area contributed by atoms with Crippen LogP contribution >= 0.6 is 11.6 Å². The van der Waals surface area contributed by atoms with Gasteiger partial charge in [0, 0.05) is 12.8 Å². The van der Waals surface area contributed by atoms with Gasteiger partial charge in [0.2, 0.25) is 5.88 Å². The highest BCUT2D eigenvalue weighted by atomic mass is 35.5. The maximum absolute atomic E-state index is 12.4. The first-order valence-corrected chi connectivity index (χ1v) is 9.48. The molecule has 0 aliphatic heterocycles. The Morgan fingerprint density at radius 1 is 1.21 bits per heavy atom. The molecule has 0 rings (SSSR count). The van der Waals surface area contributed by atoms with Crippen LogP contribution in [0, 0.1) is 5.92 Å². The van der Waals surface area contributed by atoms with E-state index >= 15 is 0 Å². The van der Waals surface area contributed by atoms with Gasteiger partial charge in [-0.3, -0.25) is 4.79 Å². The van der Waals surface area contributed by atoms with Crippen LogP contribution in [0.25, 0.3) is 0 Å². The summed E-state index contributed by atoms with van der Waals surface area (Å²) in [5.74, 6) is 1.11. The number of rotatable bonds is 12. The maximum Gasteiger partial charge on any atom is 0.261 e. The zero-order valence-electron chi connectivity index (χ0n) is 15.8. The van der Waals surface area contributed by atoms with Crippen LogP contribution in [0.4, 0.5) is 0 Å². The number of nitrogens with one attached hydrogen (secondary N) is 1. The lowest BCUT2D eigenvalue weighted by atomic mass is 10.1. The summed E-state index contributed by atoms with van der Waals surface area (Å²) in [7, 11) is 0. The Bertz CT molecular complexity index is 439. The van der Waals surface area contributed by atoms with Crippen molar-refractivity contribution in [2.24, 2.45) is 10.9 Å². The molecule has 0 saturated carbocycles. The van der Waals surface area contributed by atoms with Crippen LogP contribution in [0.3, 0.4) is 0 Å². The molecule has 5 heteroatoms. The third-order valence-corrected chi connectivity index (χ3v) is 4.02. The molecule has 0 saturated heterocycles. The lowest BCUT2D eigenvalue weighted by molar-refractivity contribution is -0.130. The second-order valence-electron chi connectivity index (χ2n) is 5.54. The van der Waals surface area contributed by atoms with E-state index in [2.05, 4.69) is 37.2 Å². The fraction of sp³-hybridized carbons (Fsp3) is 0.684.